The van der Waals surface area contributed by atoms with Crippen LogP contribution in [0.15, 0.2) is 66.0 Å². The van der Waals surface area contributed by atoms with Gasteiger partial charge in [0.15, 0.2) is 5.69 Å². The number of amides is 1. The lowest BCUT2D eigenvalue weighted by molar-refractivity contribution is 0.0942. The van der Waals surface area contributed by atoms with Gasteiger partial charge in [-0.25, -0.2) is 19.0 Å². The Hall–Kier alpha value is -4.54. The number of rotatable bonds is 5. The second-order valence-electron chi connectivity index (χ2n) is 7.35. The summed E-state index contributed by atoms with van der Waals surface area (Å²) in [4.78, 5) is 35.6. The van der Waals surface area contributed by atoms with E-state index >= 15 is 0 Å². The molecule has 0 saturated heterocycles. The predicted octanol–water partition coefficient (Wildman–Crippen LogP) is 1.75. The lowest BCUT2D eigenvalue weighted by atomic mass is 10.1. The molecular weight excluding hydrogens is 429 g/mol. The number of aromatic nitrogens is 5. The van der Waals surface area contributed by atoms with Crippen molar-refractivity contribution in [1.29, 1.82) is 0 Å². The maximum Gasteiger partial charge on any atom is 0.298 e. The number of aromatic hydroxyl groups is 1. The first-order chi connectivity index (χ1) is 16.0. The van der Waals surface area contributed by atoms with Gasteiger partial charge >= 0.3 is 0 Å². The lowest BCUT2D eigenvalue weighted by Gasteiger charge is -2.18. The van der Waals surface area contributed by atoms with E-state index in [-0.39, 0.29) is 18.2 Å². The minimum Gasteiger partial charge on any atom is -0.501 e. The van der Waals surface area contributed by atoms with Gasteiger partial charge in [-0.1, -0.05) is 24.3 Å². The van der Waals surface area contributed by atoms with Gasteiger partial charge in [-0.15, -0.1) is 0 Å². The fourth-order valence-electron chi connectivity index (χ4n) is 3.74. The number of hydrogen-bond donors (Lipinski definition) is 2. The van der Waals surface area contributed by atoms with E-state index in [0.29, 0.717) is 24.3 Å². The van der Waals surface area contributed by atoms with E-state index < -0.39 is 23.0 Å². The van der Waals surface area contributed by atoms with Crippen molar-refractivity contribution in [3.05, 3.63) is 88.6 Å². The van der Waals surface area contributed by atoms with Crippen LogP contribution in [0.1, 0.15) is 16.1 Å². The number of benzene rings is 2. The smallest absolute Gasteiger partial charge is 0.298 e. The van der Waals surface area contributed by atoms with Crippen molar-refractivity contribution in [3.63, 3.8) is 0 Å². The van der Waals surface area contributed by atoms with E-state index in [1.54, 1.807) is 4.90 Å². The third-order valence-corrected chi connectivity index (χ3v) is 5.35. The molecule has 5 rings (SSSR count). The summed E-state index contributed by atoms with van der Waals surface area (Å²) in [5.74, 6) is -1.65. The Kier molecular flexibility index (Phi) is 5.05. The molecule has 2 aromatic carbocycles. The number of hydrogen-bond acceptors (Lipinski definition) is 7. The summed E-state index contributed by atoms with van der Waals surface area (Å²) in [7, 11) is 0. The van der Waals surface area contributed by atoms with Crippen LogP contribution in [0.4, 0.5) is 16.0 Å². The fourth-order valence-corrected chi connectivity index (χ4v) is 3.74. The minimum atomic E-state index is -0.734. The molecule has 0 saturated carbocycles. The predicted molar refractivity (Wildman–Crippen MR) is 116 cm³/mol. The van der Waals surface area contributed by atoms with Gasteiger partial charge in [-0.2, -0.15) is 5.10 Å². The first kappa shape index (κ1) is 20.4. The Morgan fingerprint density at radius 1 is 1.15 bits per heavy atom. The number of para-hydroxylation sites is 1. The zero-order valence-corrected chi connectivity index (χ0v) is 17.2. The molecule has 1 aliphatic heterocycles. The average Bonchev–Trinajstić information content (AvgIpc) is 3.51. The topological polar surface area (TPSA) is 118 Å². The van der Waals surface area contributed by atoms with Crippen molar-refractivity contribution in [2.45, 2.75) is 13.1 Å². The lowest BCUT2D eigenvalue weighted by Crippen LogP contribution is -2.29. The molecule has 0 bridgehead atoms. The van der Waals surface area contributed by atoms with Crippen LogP contribution in [-0.2, 0) is 13.1 Å². The molecule has 10 nitrogen and oxygen atoms in total. The average molecular weight is 447 g/mol. The molecule has 0 atom stereocenters. The zero-order valence-electron chi connectivity index (χ0n) is 17.2. The summed E-state index contributed by atoms with van der Waals surface area (Å²) in [6, 6.07) is 13.4. The number of anilines is 2. The molecule has 166 valence electrons. The number of carbonyl (C=O) groups excluding carboxylic acids is 1. The van der Waals surface area contributed by atoms with E-state index in [1.807, 2.05) is 30.3 Å². The van der Waals surface area contributed by atoms with Crippen LogP contribution in [0.5, 0.6) is 5.75 Å². The molecule has 0 fully saturated rings. The Balaban J connectivity index is 1.44. The maximum absolute atomic E-state index is 13.8. The first-order valence-corrected chi connectivity index (χ1v) is 10.1. The summed E-state index contributed by atoms with van der Waals surface area (Å²) < 4.78 is 16.5. The minimum absolute atomic E-state index is 0.0176. The number of nitrogens with zero attached hydrogens (tertiary/aromatic N) is 6. The summed E-state index contributed by atoms with van der Waals surface area (Å²) in [6.07, 6.45) is 2.72. The standard InChI is InChI=1S/C22H18FN7O3/c23-15-7-6-14(17(10-15)30-13-24-12-26-30)11-25-20(32)18-19(31)21(33)29-9-8-28(22(29)27-18)16-4-2-1-3-5-16/h1-7,10,12-13,31H,8-9,11H2,(H,25,32). The molecular formula is C22H18FN7O3. The highest BCUT2D eigenvalue weighted by Crippen LogP contribution is 2.28. The van der Waals surface area contributed by atoms with Crippen LogP contribution in [0, 0.1) is 5.82 Å². The van der Waals surface area contributed by atoms with Crippen molar-refractivity contribution in [3.8, 4) is 11.4 Å². The fraction of sp³-hybridized carbons (Fsp3) is 0.136. The molecule has 11 heteroatoms. The molecule has 1 amide bonds. The van der Waals surface area contributed by atoms with Crippen molar-refractivity contribution >= 4 is 17.5 Å². The summed E-state index contributed by atoms with van der Waals surface area (Å²) in [5.41, 5.74) is 0.705. The summed E-state index contributed by atoms with van der Waals surface area (Å²) >= 11 is 0. The van der Waals surface area contributed by atoms with Crippen molar-refractivity contribution in [2.75, 3.05) is 11.4 Å². The SMILES string of the molecule is O=C(NCc1ccc(F)cc1-n1cncn1)c1nc2n(c(=O)c1O)CCN2c1ccccc1. The number of nitrogens with one attached hydrogen (secondary N) is 1. The van der Waals surface area contributed by atoms with Crippen LogP contribution in [0.3, 0.4) is 0 Å². The Labute approximate surface area is 186 Å². The van der Waals surface area contributed by atoms with E-state index in [4.69, 9.17) is 0 Å². The third-order valence-electron chi connectivity index (χ3n) is 5.35. The van der Waals surface area contributed by atoms with Gasteiger partial charge in [-0.3, -0.25) is 14.2 Å². The molecule has 1 aliphatic rings. The van der Waals surface area contributed by atoms with Crippen LogP contribution in [0.25, 0.3) is 5.69 Å². The Morgan fingerprint density at radius 2 is 1.97 bits per heavy atom. The Bertz CT molecular complexity index is 1390. The van der Waals surface area contributed by atoms with E-state index in [2.05, 4.69) is 20.4 Å². The largest absolute Gasteiger partial charge is 0.501 e. The molecule has 0 spiro atoms. The molecule has 0 unspecified atom stereocenters. The van der Waals surface area contributed by atoms with Crippen LogP contribution in [0.2, 0.25) is 0 Å². The molecule has 2 aromatic heterocycles. The Morgan fingerprint density at radius 3 is 2.73 bits per heavy atom. The van der Waals surface area contributed by atoms with Gasteiger partial charge in [-0.05, 0) is 29.8 Å². The van der Waals surface area contributed by atoms with Crippen LogP contribution >= 0.6 is 0 Å². The number of halogens is 1. The van der Waals surface area contributed by atoms with E-state index in [9.17, 15) is 19.1 Å². The summed E-state index contributed by atoms with van der Waals surface area (Å²) in [6.45, 7) is 0.798. The summed E-state index contributed by atoms with van der Waals surface area (Å²) in [5, 5.41) is 17.0. The highest BCUT2D eigenvalue weighted by Gasteiger charge is 2.29. The van der Waals surface area contributed by atoms with Crippen molar-refractivity contribution < 1.29 is 14.3 Å². The number of carbonyl (C=O) groups is 1. The van der Waals surface area contributed by atoms with Gasteiger partial charge in [0, 0.05) is 25.3 Å². The van der Waals surface area contributed by atoms with Crippen LogP contribution < -0.4 is 15.8 Å². The van der Waals surface area contributed by atoms with E-state index in [0.717, 1.165) is 5.69 Å². The van der Waals surface area contributed by atoms with Gasteiger partial charge in [0.2, 0.25) is 11.7 Å². The van der Waals surface area contributed by atoms with Gasteiger partial charge < -0.3 is 15.3 Å². The molecule has 4 aromatic rings. The maximum atomic E-state index is 13.8. The molecule has 2 N–H and O–H groups in total. The quantitative estimate of drug-likeness (QED) is 0.479. The molecule has 3 heterocycles. The van der Waals surface area contributed by atoms with Gasteiger partial charge in [0.1, 0.15) is 18.5 Å². The van der Waals surface area contributed by atoms with Gasteiger partial charge in [0.05, 0.1) is 5.69 Å². The van der Waals surface area contributed by atoms with Gasteiger partial charge in [0.25, 0.3) is 11.5 Å². The van der Waals surface area contributed by atoms with Crippen molar-refractivity contribution in [1.82, 2.24) is 29.6 Å². The third kappa shape index (κ3) is 3.69. The van der Waals surface area contributed by atoms with E-state index in [1.165, 1.54) is 40.1 Å². The first-order valence-electron chi connectivity index (χ1n) is 10.1. The number of fused-ring (bicyclic) bond motifs is 1. The molecule has 0 aliphatic carbocycles. The monoisotopic (exact) mass is 447 g/mol. The molecule has 0 radical (unpaired) electrons. The highest BCUT2D eigenvalue weighted by molar-refractivity contribution is 5.95. The van der Waals surface area contributed by atoms with Crippen LogP contribution in [-0.4, -0.2) is 41.9 Å². The zero-order chi connectivity index (χ0) is 22.9. The highest BCUT2D eigenvalue weighted by atomic mass is 19.1. The second kappa shape index (κ2) is 8.19. The van der Waals surface area contributed by atoms with Crippen molar-refractivity contribution in [2.24, 2.45) is 0 Å². The second-order valence-corrected chi connectivity index (χ2v) is 7.35. The molecule has 33 heavy (non-hydrogen) atoms. The normalized spacial score (nSPS) is 12.6.